The van der Waals surface area contributed by atoms with E-state index in [0.717, 1.165) is 0 Å². The van der Waals surface area contributed by atoms with Crippen LogP contribution in [0.25, 0.3) is 0 Å². The highest BCUT2D eigenvalue weighted by Crippen LogP contribution is 2.28. The van der Waals surface area contributed by atoms with E-state index in [1.54, 1.807) is 30.3 Å². The molecule has 0 spiro atoms. The Bertz CT molecular complexity index is 742. The Balaban J connectivity index is 2.55. The molecule has 0 aliphatic heterocycles. The average Bonchev–Trinajstić information content (AvgIpc) is 2.47. The third kappa shape index (κ3) is 2.86. The molecule has 0 aliphatic carbocycles. The van der Waals surface area contributed by atoms with E-state index in [4.69, 9.17) is 23.5 Å². The van der Waals surface area contributed by atoms with Crippen molar-refractivity contribution < 1.29 is 16.9 Å². The number of carbonyl (C=O) groups excluding carboxylic acids is 1. The molecule has 0 heterocycles. The average molecular weight is 331 g/mol. The zero-order valence-electron chi connectivity index (χ0n) is 9.92. The van der Waals surface area contributed by atoms with Gasteiger partial charge in [-0.05, 0) is 12.1 Å². The molecule has 2 rings (SSSR count). The molecular weight excluding hydrogens is 323 g/mol. The van der Waals surface area contributed by atoms with E-state index < -0.39 is 10.1 Å². The highest BCUT2D eigenvalue weighted by molar-refractivity contribution is 7.87. The van der Waals surface area contributed by atoms with Crippen molar-refractivity contribution in [3.63, 3.8) is 0 Å². The molecule has 2 aromatic rings. The molecule has 7 heteroatoms. The second-order valence-corrected chi connectivity index (χ2v) is 6.06. The van der Waals surface area contributed by atoms with Crippen molar-refractivity contribution in [1.29, 1.82) is 0 Å². The number of benzene rings is 2. The summed E-state index contributed by atoms with van der Waals surface area (Å²) in [6.07, 6.45) is 0. The van der Waals surface area contributed by atoms with Gasteiger partial charge in [0.05, 0.1) is 16.9 Å². The van der Waals surface area contributed by atoms with Gasteiger partial charge >= 0.3 is 10.1 Å². The molecule has 0 saturated heterocycles. The van der Waals surface area contributed by atoms with Crippen LogP contribution in [0.3, 0.4) is 0 Å². The fraction of sp³-hybridized carbons (Fsp3) is 0. The molecule has 0 radical (unpaired) electrons. The lowest BCUT2D eigenvalue weighted by atomic mass is 10.0. The van der Waals surface area contributed by atoms with Crippen molar-refractivity contribution in [2.75, 3.05) is 0 Å². The number of ketones is 1. The van der Waals surface area contributed by atoms with E-state index in [9.17, 15) is 13.2 Å². The summed E-state index contributed by atoms with van der Waals surface area (Å²) in [6.45, 7) is 0. The monoisotopic (exact) mass is 330 g/mol. The smallest absolute Gasteiger partial charge is 0.289 e. The maximum atomic E-state index is 12.3. The SMILES string of the molecule is O=C(c1ccccc1)c1cccc(S(=O)(=O)OCl)c1Cl. The summed E-state index contributed by atoms with van der Waals surface area (Å²) in [5, 5.41) is -0.220. The van der Waals surface area contributed by atoms with Crippen LogP contribution in [-0.4, -0.2) is 14.2 Å². The molecule has 0 atom stereocenters. The predicted octanol–water partition coefficient (Wildman–Crippen LogP) is 3.43. The summed E-state index contributed by atoms with van der Waals surface area (Å²) in [7, 11) is -4.19. The van der Waals surface area contributed by atoms with Crippen LogP contribution in [0.5, 0.6) is 0 Å². The molecule has 0 aliphatic rings. The second kappa shape index (κ2) is 5.93. The quantitative estimate of drug-likeness (QED) is 0.806. The molecule has 0 amide bonds. The van der Waals surface area contributed by atoms with Gasteiger partial charge in [-0.15, -0.1) is 0 Å². The number of rotatable bonds is 4. The highest BCUT2D eigenvalue weighted by Gasteiger charge is 2.23. The van der Waals surface area contributed by atoms with E-state index in [1.165, 1.54) is 18.2 Å². The minimum absolute atomic E-state index is 0.0626. The van der Waals surface area contributed by atoms with Crippen molar-refractivity contribution in [2.24, 2.45) is 0 Å². The second-order valence-electron chi connectivity index (χ2n) is 3.83. The number of halogens is 2. The Morgan fingerprint density at radius 1 is 1.00 bits per heavy atom. The summed E-state index contributed by atoms with van der Waals surface area (Å²) >= 11 is 10.9. The first-order chi connectivity index (χ1) is 9.47. The molecule has 0 bridgehead atoms. The number of hydrogen-bond donors (Lipinski definition) is 0. The first kappa shape index (κ1) is 15.0. The first-order valence-electron chi connectivity index (χ1n) is 5.41. The molecule has 2 aromatic carbocycles. The highest BCUT2D eigenvalue weighted by atomic mass is 35.5. The van der Waals surface area contributed by atoms with E-state index >= 15 is 0 Å². The van der Waals surface area contributed by atoms with Crippen LogP contribution in [0, 0.1) is 0 Å². The first-order valence-corrected chi connectivity index (χ1v) is 7.50. The molecule has 0 aromatic heterocycles. The number of carbonyl (C=O) groups is 1. The van der Waals surface area contributed by atoms with Gasteiger partial charge in [-0.1, -0.05) is 48.0 Å². The lowest BCUT2D eigenvalue weighted by molar-refractivity contribution is 0.103. The van der Waals surface area contributed by atoms with E-state index in [-0.39, 0.29) is 21.3 Å². The van der Waals surface area contributed by atoms with Crippen LogP contribution in [0.2, 0.25) is 5.02 Å². The summed E-state index contributed by atoms with van der Waals surface area (Å²) in [5.74, 6) is -0.387. The summed E-state index contributed by atoms with van der Waals surface area (Å²) in [5.41, 5.74) is 0.461. The van der Waals surface area contributed by atoms with Crippen LogP contribution < -0.4 is 0 Å². The van der Waals surface area contributed by atoms with Gasteiger partial charge in [0.25, 0.3) is 0 Å². The predicted molar refractivity (Wildman–Crippen MR) is 75.5 cm³/mol. The van der Waals surface area contributed by atoms with Gasteiger partial charge in [-0.25, -0.2) is 0 Å². The third-order valence-electron chi connectivity index (χ3n) is 2.60. The maximum absolute atomic E-state index is 12.3. The van der Waals surface area contributed by atoms with Gasteiger partial charge in [0.1, 0.15) is 4.90 Å². The number of hydrogen-bond acceptors (Lipinski definition) is 4. The molecule has 104 valence electrons. The van der Waals surface area contributed by atoms with E-state index in [2.05, 4.69) is 3.74 Å². The minimum atomic E-state index is -4.19. The van der Waals surface area contributed by atoms with E-state index in [0.29, 0.717) is 5.56 Å². The Morgan fingerprint density at radius 3 is 2.25 bits per heavy atom. The van der Waals surface area contributed by atoms with Gasteiger partial charge in [0, 0.05) is 11.1 Å². The zero-order chi connectivity index (χ0) is 14.8. The van der Waals surface area contributed by atoms with Crippen LogP contribution in [0.15, 0.2) is 53.4 Å². The molecule has 20 heavy (non-hydrogen) atoms. The molecule has 0 unspecified atom stereocenters. The molecule has 4 nitrogen and oxygen atoms in total. The Hall–Kier alpha value is -1.40. The van der Waals surface area contributed by atoms with Crippen molar-refractivity contribution >= 4 is 39.4 Å². The third-order valence-corrected chi connectivity index (χ3v) is 4.66. The van der Waals surface area contributed by atoms with Gasteiger partial charge in [-0.2, -0.15) is 12.2 Å². The topological polar surface area (TPSA) is 60.4 Å². The molecule has 0 saturated carbocycles. The Kier molecular flexibility index (Phi) is 4.45. The molecular formula is C13H8Cl2O4S. The summed E-state index contributed by atoms with van der Waals surface area (Å²) < 4.78 is 27.1. The van der Waals surface area contributed by atoms with Crippen molar-refractivity contribution in [3.8, 4) is 0 Å². The fourth-order valence-corrected chi connectivity index (χ4v) is 3.00. The fourth-order valence-electron chi connectivity index (χ4n) is 1.66. The van der Waals surface area contributed by atoms with Crippen LogP contribution in [0.4, 0.5) is 0 Å². The van der Waals surface area contributed by atoms with Crippen LogP contribution in [-0.2, 0) is 13.9 Å². The summed E-state index contributed by atoms with van der Waals surface area (Å²) in [6, 6.07) is 12.4. The minimum Gasteiger partial charge on any atom is -0.289 e. The van der Waals surface area contributed by atoms with Crippen LogP contribution in [0.1, 0.15) is 15.9 Å². The Morgan fingerprint density at radius 2 is 1.65 bits per heavy atom. The van der Waals surface area contributed by atoms with Gasteiger partial charge in [0.2, 0.25) is 0 Å². The zero-order valence-corrected chi connectivity index (χ0v) is 12.2. The summed E-state index contributed by atoms with van der Waals surface area (Å²) in [4.78, 5) is 11.9. The van der Waals surface area contributed by atoms with Gasteiger partial charge in [-0.3, -0.25) is 4.79 Å². The standard InChI is InChI=1S/C13H8Cl2O4S/c14-12-10(13(16)9-5-2-1-3-6-9)7-4-8-11(12)20(17,18)19-15/h1-8H. The van der Waals surface area contributed by atoms with Crippen molar-refractivity contribution in [2.45, 2.75) is 4.90 Å². The van der Waals surface area contributed by atoms with Crippen molar-refractivity contribution in [1.82, 2.24) is 0 Å². The molecule has 0 fully saturated rings. The van der Waals surface area contributed by atoms with Gasteiger partial charge < -0.3 is 0 Å². The van der Waals surface area contributed by atoms with E-state index in [1.807, 2.05) is 0 Å². The van der Waals surface area contributed by atoms with Crippen molar-refractivity contribution in [3.05, 3.63) is 64.7 Å². The normalized spacial score (nSPS) is 11.3. The largest absolute Gasteiger partial charge is 0.314 e. The van der Waals surface area contributed by atoms with Crippen LogP contribution >= 0.6 is 23.5 Å². The lowest BCUT2D eigenvalue weighted by Crippen LogP contribution is -2.07. The lowest BCUT2D eigenvalue weighted by Gasteiger charge is -2.07. The maximum Gasteiger partial charge on any atom is 0.314 e. The van der Waals surface area contributed by atoms with Gasteiger partial charge in [0.15, 0.2) is 5.78 Å². The Labute approximate surface area is 126 Å². The molecule has 0 N–H and O–H groups in total.